The predicted octanol–water partition coefficient (Wildman–Crippen LogP) is 2.24. The van der Waals surface area contributed by atoms with Crippen LogP contribution in [0.4, 0.5) is 11.4 Å². The van der Waals surface area contributed by atoms with Gasteiger partial charge in [-0.05, 0) is 32.4 Å². The Morgan fingerprint density at radius 2 is 1.96 bits per heavy atom. The number of nitro groups is 2. The fraction of sp³-hybridized carbons (Fsp3) is 0.562. The molecule has 134 valence electrons. The maximum absolute atomic E-state index is 12.4. The van der Waals surface area contributed by atoms with Crippen LogP contribution in [0, 0.1) is 26.1 Å². The van der Waals surface area contributed by atoms with E-state index in [0.29, 0.717) is 12.0 Å². The highest BCUT2D eigenvalue weighted by atomic mass is 16.6. The van der Waals surface area contributed by atoms with Crippen molar-refractivity contribution in [2.45, 2.75) is 37.3 Å². The number of carbonyl (C=O) groups is 1. The van der Waals surface area contributed by atoms with Crippen molar-refractivity contribution in [3.8, 4) is 0 Å². The van der Waals surface area contributed by atoms with Crippen LogP contribution in [-0.4, -0.2) is 47.0 Å². The van der Waals surface area contributed by atoms with Crippen LogP contribution in [0.25, 0.3) is 0 Å². The molecule has 2 saturated heterocycles. The molecule has 2 bridgehead atoms. The number of benzene rings is 1. The normalized spacial score (nSPS) is 28.6. The number of ether oxygens (including phenoxy) is 1. The summed E-state index contributed by atoms with van der Waals surface area (Å²) in [4.78, 5) is 35.7. The number of rotatable bonds is 4. The summed E-state index contributed by atoms with van der Waals surface area (Å²) < 4.78 is 4.96. The number of nitrogens with zero attached hydrogens (tertiary/aromatic N) is 3. The number of nitro benzene ring substituents is 2. The van der Waals surface area contributed by atoms with Gasteiger partial charge in [-0.2, -0.15) is 0 Å². The number of fused-ring (bicyclic) bond motifs is 2. The standard InChI is InChI=1S/C16H19N3O6/c1-17-9-4-6-13(17)15(16(20)25-2)12(7-9)11-5-3-10(18(21)22)8-14(11)19(23)24/h3,5,8-9,12-13,15H,4,6-7H2,1-2H3/t9-,12+,13+,15+/m0/s1. The van der Waals surface area contributed by atoms with Crippen molar-refractivity contribution < 1.29 is 19.4 Å². The molecule has 0 amide bonds. The fourth-order valence-corrected chi connectivity index (χ4v) is 4.36. The second-order valence-corrected chi connectivity index (χ2v) is 6.61. The van der Waals surface area contributed by atoms with Gasteiger partial charge in [0, 0.05) is 29.6 Å². The molecule has 1 aromatic carbocycles. The molecule has 0 N–H and O–H groups in total. The number of non-ortho nitro benzene ring substituents is 1. The first-order valence-corrected chi connectivity index (χ1v) is 8.07. The van der Waals surface area contributed by atoms with E-state index in [1.807, 2.05) is 7.05 Å². The first-order chi connectivity index (χ1) is 11.8. The first-order valence-electron chi connectivity index (χ1n) is 8.07. The van der Waals surface area contributed by atoms with Gasteiger partial charge in [-0.15, -0.1) is 0 Å². The number of carbonyl (C=O) groups excluding carboxylic acids is 1. The molecule has 0 aromatic heterocycles. The topological polar surface area (TPSA) is 116 Å². The predicted molar refractivity (Wildman–Crippen MR) is 87.2 cm³/mol. The molecular formula is C16H19N3O6. The molecule has 1 aromatic rings. The van der Waals surface area contributed by atoms with Gasteiger partial charge in [-0.25, -0.2) is 0 Å². The van der Waals surface area contributed by atoms with E-state index in [4.69, 9.17) is 4.74 Å². The fourth-order valence-electron chi connectivity index (χ4n) is 4.36. The van der Waals surface area contributed by atoms with Crippen molar-refractivity contribution in [1.82, 2.24) is 4.90 Å². The Morgan fingerprint density at radius 1 is 1.24 bits per heavy atom. The van der Waals surface area contributed by atoms with Gasteiger partial charge in [0.05, 0.1) is 28.9 Å². The van der Waals surface area contributed by atoms with Crippen molar-refractivity contribution in [1.29, 1.82) is 0 Å². The van der Waals surface area contributed by atoms with Crippen molar-refractivity contribution in [3.63, 3.8) is 0 Å². The molecule has 25 heavy (non-hydrogen) atoms. The molecule has 0 unspecified atom stereocenters. The maximum atomic E-state index is 12.4. The molecule has 0 spiro atoms. The number of methoxy groups -OCH3 is 1. The second kappa shape index (κ2) is 6.40. The quantitative estimate of drug-likeness (QED) is 0.465. The highest BCUT2D eigenvalue weighted by molar-refractivity contribution is 5.75. The summed E-state index contributed by atoms with van der Waals surface area (Å²) in [6, 6.07) is 3.86. The van der Waals surface area contributed by atoms with Crippen LogP contribution in [0.3, 0.4) is 0 Å². The lowest BCUT2D eigenvalue weighted by Crippen LogP contribution is -2.49. The average Bonchev–Trinajstić information content (AvgIpc) is 2.82. The third-order valence-electron chi connectivity index (χ3n) is 5.56. The zero-order chi connectivity index (χ0) is 18.3. The van der Waals surface area contributed by atoms with Gasteiger partial charge in [0.25, 0.3) is 11.4 Å². The average molecular weight is 349 g/mol. The number of hydrogen-bond donors (Lipinski definition) is 0. The van der Waals surface area contributed by atoms with Gasteiger partial charge in [0.15, 0.2) is 0 Å². The third kappa shape index (κ3) is 2.84. The Bertz CT molecular complexity index is 737. The minimum atomic E-state index is -0.660. The van der Waals surface area contributed by atoms with Gasteiger partial charge in [-0.1, -0.05) is 0 Å². The number of piperidine rings is 1. The molecule has 2 heterocycles. The van der Waals surface area contributed by atoms with Gasteiger partial charge in [0.1, 0.15) is 0 Å². The van der Waals surface area contributed by atoms with E-state index in [2.05, 4.69) is 4.90 Å². The zero-order valence-corrected chi connectivity index (χ0v) is 14.0. The molecule has 0 radical (unpaired) electrons. The van der Waals surface area contributed by atoms with Crippen molar-refractivity contribution in [2.24, 2.45) is 5.92 Å². The van der Waals surface area contributed by atoms with Crippen molar-refractivity contribution >= 4 is 17.3 Å². The van der Waals surface area contributed by atoms with Crippen LogP contribution in [0.2, 0.25) is 0 Å². The van der Waals surface area contributed by atoms with Crippen LogP contribution in [0.5, 0.6) is 0 Å². The van der Waals surface area contributed by atoms with Crippen LogP contribution >= 0.6 is 0 Å². The molecular weight excluding hydrogens is 330 g/mol. The molecule has 9 heteroatoms. The summed E-state index contributed by atoms with van der Waals surface area (Å²) in [6.07, 6.45) is 2.34. The van der Waals surface area contributed by atoms with E-state index in [9.17, 15) is 25.0 Å². The smallest absolute Gasteiger partial charge is 0.310 e. The van der Waals surface area contributed by atoms with Crippen molar-refractivity contribution in [2.75, 3.05) is 14.2 Å². The number of hydrogen-bond acceptors (Lipinski definition) is 7. The molecule has 0 aliphatic carbocycles. The van der Waals surface area contributed by atoms with Gasteiger partial charge < -0.3 is 4.74 Å². The van der Waals surface area contributed by atoms with Gasteiger partial charge >= 0.3 is 5.97 Å². The molecule has 3 rings (SSSR count). The summed E-state index contributed by atoms with van der Waals surface area (Å²) in [6.45, 7) is 0. The SMILES string of the molecule is COC(=O)[C@@H]1[C@@H](c2ccc([N+](=O)[O-])cc2[N+](=O)[O-])C[C@@H]2CC[C@H]1N2C. The summed E-state index contributed by atoms with van der Waals surface area (Å²) >= 11 is 0. The summed E-state index contributed by atoms with van der Waals surface area (Å²) in [7, 11) is 3.27. The Kier molecular flexibility index (Phi) is 4.42. The minimum absolute atomic E-state index is 0.0361. The lowest BCUT2D eigenvalue weighted by atomic mass is 9.75. The lowest BCUT2D eigenvalue weighted by Gasteiger charge is -2.41. The van der Waals surface area contributed by atoms with E-state index >= 15 is 0 Å². The van der Waals surface area contributed by atoms with Gasteiger partial charge in [-0.3, -0.25) is 29.9 Å². The Morgan fingerprint density at radius 3 is 2.56 bits per heavy atom. The van der Waals surface area contributed by atoms with Crippen LogP contribution in [0.1, 0.15) is 30.7 Å². The lowest BCUT2D eigenvalue weighted by molar-refractivity contribution is -0.394. The van der Waals surface area contributed by atoms with Crippen LogP contribution in [-0.2, 0) is 9.53 Å². The van der Waals surface area contributed by atoms with E-state index < -0.39 is 21.7 Å². The van der Waals surface area contributed by atoms with Crippen molar-refractivity contribution in [3.05, 3.63) is 44.0 Å². The largest absolute Gasteiger partial charge is 0.469 e. The van der Waals surface area contributed by atoms with E-state index in [0.717, 1.165) is 18.9 Å². The summed E-state index contributed by atoms with van der Waals surface area (Å²) in [5.41, 5.74) is -0.269. The second-order valence-electron chi connectivity index (χ2n) is 6.61. The Labute approximate surface area is 143 Å². The minimum Gasteiger partial charge on any atom is -0.469 e. The zero-order valence-electron chi connectivity index (χ0n) is 14.0. The molecule has 2 fully saturated rings. The molecule has 9 nitrogen and oxygen atoms in total. The molecule has 0 saturated carbocycles. The maximum Gasteiger partial charge on any atom is 0.310 e. The highest BCUT2D eigenvalue weighted by Crippen LogP contribution is 2.48. The van der Waals surface area contributed by atoms with Crippen LogP contribution < -0.4 is 0 Å². The highest BCUT2D eigenvalue weighted by Gasteiger charge is 2.51. The Balaban J connectivity index is 2.08. The van der Waals surface area contributed by atoms with Crippen LogP contribution in [0.15, 0.2) is 18.2 Å². The number of esters is 1. The van der Waals surface area contributed by atoms with E-state index in [-0.39, 0.29) is 29.4 Å². The molecule has 2 aliphatic heterocycles. The third-order valence-corrected chi connectivity index (χ3v) is 5.56. The van der Waals surface area contributed by atoms with Gasteiger partial charge in [0.2, 0.25) is 0 Å². The summed E-state index contributed by atoms with van der Waals surface area (Å²) in [5.74, 6) is -1.30. The van der Waals surface area contributed by atoms with E-state index in [1.165, 1.54) is 19.2 Å². The monoisotopic (exact) mass is 349 g/mol. The molecule has 2 aliphatic rings. The summed E-state index contributed by atoms with van der Waals surface area (Å²) in [5, 5.41) is 22.4. The first kappa shape index (κ1) is 17.3. The van der Waals surface area contributed by atoms with E-state index in [1.54, 1.807) is 0 Å². The Hall–Kier alpha value is -2.55. The molecule has 4 atom stereocenters.